The van der Waals surface area contributed by atoms with E-state index in [4.69, 9.17) is 5.14 Å². The van der Waals surface area contributed by atoms with Crippen LogP contribution in [-0.2, 0) is 16.4 Å². The van der Waals surface area contributed by atoms with Crippen molar-refractivity contribution in [1.82, 2.24) is 15.3 Å². The molecule has 0 fully saturated rings. The number of rotatable bonds is 8. The minimum Gasteiger partial charge on any atom is -0.354 e. The van der Waals surface area contributed by atoms with E-state index >= 15 is 0 Å². The van der Waals surface area contributed by atoms with E-state index in [0.717, 1.165) is 12.0 Å². The fourth-order valence-corrected chi connectivity index (χ4v) is 2.56. The molecule has 4 N–H and O–H groups in total. The summed E-state index contributed by atoms with van der Waals surface area (Å²) in [4.78, 5) is 20.0. The van der Waals surface area contributed by atoms with Gasteiger partial charge in [-0.05, 0) is 30.5 Å². The summed E-state index contributed by atoms with van der Waals surface area (Å²) in [7, 11) is -3.67. The maximum Gasteiger partial charge on any atom is 0.254 e. The number of carbonyl (C=O) groups is 1. The van der Waals surface area contributed by atoms with E-state index < -0.39 is 10.0 Å². The summed E-state index contributed by atoms with van der Waals surface area (Å²) in [6, 6.07) is 6.38. The number of amides is 1. The van der Waals surface area contributed by atoms with Crippen molar-refractivity contribution < 1.29 is 13.2 Å². The summed E-state index contributed by atoms with van der Waals surface area (Å²) >= 11 is 0. The molecule has 8 nitrogen and oxygen atoms in total. The minimum absolute atomic E-state index is 0.0875. The van der Waals surface area contributed by atoms with Crippen molar-refractivity contribution >= 4 is 21.9 Å². The van der Waals surface area contributed by atoms with Crippen LogP contribution in [0.15, 0.2) is 41.6 Å². The van der Waals surface area contributed by atoms with Crippen LogP contribution < -0.4 is 15.8 Å². The lowest BCUT2D eigenvalue weighted by Crippen LogP contribution is -2.24. The van der Waals surface area contributed by atoms with E-state index in [1.165, 1.54) is 24.5 Å². The standard InChI is InChI=1S/C16H21N5O3S/c1-2-8-18-15(22)13-10-20-16(21-11-13)19-9-7-12-3-5-14(6-4-12)25(17,23)24/h3-6,10-11H,2,7-9H2,1H3,(H,18,22)(H2,17,23,24)(H,19,20,21). The van der Waals surface area contributed by atoms with Crippen LogP contribution in [0.1, 0.15) is 29.3 Å². The van der Waals surface area contributed by atoms with Crippen molar-refractivity contribution in [3.63, 3.8) is 0 Å². The van der Waals surface area contributed by atoms with Crippen LogP contribution in [0, 0.1) is 0 Å². The molecule has 0 saturated carbocycles. The van der Waals surface area contributed by atoms with E-state index in [-0.39, 0.29) is 10.8 Å². The van der Waals surface area contributed by atoms with Gasteiger partial charge < -0.3 is 10.6 Å². The molecule has 25 heavy (non-hydrogen) atoms. The maximum absolute atomic E-state index is 11.7. The maximum atomic E-state index is 11.7. The van der Waals surface area contributed by atoms with E-state index in [1.54, 1.807) is 12.1 Å². The van der Waals surface area contributed by atoms with Crippen molar-refractivity contribution in [3.05, 3.63) is 47.8 Å². The molecule has 0 atom stereocenters. The molecule has 9 heteroatoms. The Kier molecular flexibility index (Phi) is 6.43. The Hall–Kier alpha value is -2.52. The lowest BCUT2D eigenvalue weighted by Gasteiger charge is -2.07. The van der Waals surface area contributed by atoms with Crippen molar-refractivity contribution in [2.24, 2.45) is 5.14 Å². The minimum atomic E-state index is -3.67. The van der Waals surface area contributed by atoms with Gasteiger partial charge in [-0.15, -0.1) is 0 Å². The number of primary sulfonamides is 1. The van der Waals surface area contributed by atoms with Crippen LogP contribution in [0.5, 0.6) is 0 Å². The highest BCUT2D eigenvalue weighted by atomic mass is 32.2. The molecule has 0 aliphatic rings. The van der Waals surface area contributed by atoms with E-state index in [1.807, 2.05) is 6.92 Å². The molecule has 0 saturated heterocycles. The third-order valence-corrected chi connectivity index (χ3v) is 4.33. The smallest absolute Gasteiger partial charge is 0.254 e. The summed E-state index contributed by atoms with van der Waals surface area (Å²) in [6.07, 6.45) is 4.47. The van der Waals surface area contributed by atoms with Crippen molar-refractivity contribution in [1.29, 1.82) is 0 Å². The zero-order chi connectivity index (χ0) is 18.3. The predicted octanol–water partition coefficient (Wildman–Crippen LogP) is 0.918. The largest absolute Gasteiger partial charge is 0.354 e. The molecular formula is C16H21N5O3S. The third kappa shape index (κ3) is 5.80. The van der Waals surface area contributed by atoms with Crippen LogP contribution in [0.2, 0.25) is 0 Å². The van der Waals surface area contributed by atoms with E-state index in [9.17, 15) is 13.2 Å². The molecule has 2 rings (SSSR count). The molecule has 134 valence electrons. The number of hydrogen-bond acceptors (Lipinski definition) is 6. The van der Waals surface area contributed by atoms with Crippen LogP contribution >= 0.6 is 0 Å². The molecule has 1 aromatic heterocycles. The van der Waals surface area contributed by atoms with Gasteiger partial charge in [0.05, 0.1) is 10.5 Å². The number of aromatic nitrogens is 2. The molecular weight excluding hydrogens is 342 g/mol. The first-order valence-corrected chi connectivity index (χ1v) is 9.40. The second-order valence-corrected chi connectivity index (χ2v) is 6.98. The highest BCUT2D eigenvalue weighted by Gasteiger charge is 2.07. The number of anilines is 1. The van der Waals surface area contributed by atoms with Gasteiger partial charge in [0.2, 0.25) is 16.0 Å². The normalized spacial score (nSPS) is 11.1. The molecule has 0 unspecified atom stereocenters. The summed E-state index contributed by atoms with van der Waals surface area (Å²) < 4.78 is 22.4. The van der Waals surface area contributed by atoms with Crippen LogP contribution in [0.25, 0.3) is 0 Å². The summed E-state index contributed by atoms with van der Waals surface area (Å²) in [5.41, 5.74) is 1.37. The van der Waals surface area contributed by atoms with Crippen molar-refractivity contribution in [3.8, 4) is 0 Å². The average molecular weight is 363 g/mol. The fourth-order valence-electron chi connectivity index (χ4n) is 2.04. The molecule has 0 aliphatic carbocycles. The Labute approximate surface area is 146 Å². The average Bonchev–Trinajstić information content (AvgIpc) is 2.60. The lowest BCUT2D eigenvalue weighted by atomic mass is 10.1. The lowest BCUT2D eigenvalue weighted by molar-refractivity contribution is 0.0953. The number of hydrogen-bond donors (Lipinski definition) is 3. The SMILES string of the molecule is CCCNC(=O)c1cnc(NCCc2ccc(S(N)(=O)=O)cc2)nc1. The van der Waals surface area contributed by atoms with Gasteiger partial charge >= 0.3 is 0 Å². The van der Waals surface area contributed by atoms with Gasteiger partial charge in [-0.1, -0.05) is 19.1 Å². The Morgan fingerprint density at radius 3 is 2.32 bits per heavy atom. The Morgan fingerprint density at radius 2 is 1.76 bits per heavy atom. The number of carbonyl (C=O) groups excluding carboxylic acids is 1. The number of nitrogens with one attached hydrogen (secondary N) is 2. The van der Waals surface area contributed by atoms with E-state index in [0.29, 0.717) is 31.0 Å². The van der Waals surface area contributed by atoms with Gasteiger partial charge in [0.1, 0.15) is 0 Å². The van der Waals surface area contributed by atoms with Crippen molar-refractivity contribution in [2.75, 3.05) is 18.4 Å². The first-order valence-electron chi connectivity index (χ1n) is 7.86. The Morgan fingerprint density at radius 1 is 1.12 bits per heavy atom. The highest BCUT2D eigenvalue weighted by molar-refractivity contribution is 7.89. The topological polar surface area (TPSA) is 127 Å². The third-order valence-electron chi connectivity index (χ3n) is 3.40. The zero-order valence-corrected chi connectivity index (χ0v) is 14.7. The monoisotopic (exact) mass is 363 g/mol. The molecule has 0 bridgehead atoms. The molecule has 0 radical (unpaired) electrons. The van der Waals surface area contributed by atoms with Gasteiger partial charge in [-0.2, -0.15) is 0 Å². The number of sulfonamides is 1. The molecule has 0 aliphatic heterocycles. The van der Waals surface area contributed by atoms with Crippen LogP contribution in [-0.4, -0.2) is 37.4 Å². The number of nitrogens with two attached hydrogens (primary N) is 1. The molecule has 0 spiro atoms. The van der Waals surface area contributed by atoms with Gasteiger partial charge in [0.15, 0.2) is 0 Å². The van der Waals surface area contributed by atoms with E-state index in [2.05, 4.69) is 20.6 Å². The summed E-state index contributed by atoms with van der Waals surface area (Å²) in [6.45, 7) is 3.16. The van der Waals surface area contributed by atoms with Gasteiger partial charge in [-0.25, -0.2) is 23.5 Å². The Balaban J connectivity index is 1.84. The molecule has 1 aromatic carbocycles. The second-order valence-electron chi connectivity index (χ2n) is 5.42. The van der Waals surface area contributed by atoms with Crippen molar-refractivity contribution in [2.45, 2.75) is 24.7 Å². The second kappa shape index (κ2) is 8.54. The molecule has 1 heterocycles. The first kappa shape index (κ1) is 18.8. The summed E-state index contributed by atoms with van der Waals surface area (Å²) in [5, 5.41) is 10.9. The van der Waals surface area contributed by atoms with Crippen LogP contribution in [0.3, 0.4) is 0 Å². The van der Waals surface area contributed by atoms with Gasteiger partial charge in [-0.3, -0.25) is 4.79 Å². The molecule has 2 aromatic rings. The van der Waals surface area contributed by atoms with Gasteiger partial charge in [0, 0.05) is 25.5 Å². The quantitative estimate of drug-likeness (QED) is 0.640. The zero-order valence-electron chi connectivity index (χ0n) is 13.9. The fraction of sp³-hybridized carbons (Fsp3) is 0.312. The van der Waals surface area contributed by atoms with Crippen LogP contribution in [0.4, 0.5) is 5.95 Å². The summed E-state index contributed by atoms with van der Waals surface area (Å²) in [5.74, 6) is 0.233. The number of nitrogens with zero attached hydrogens (tertiary/aromatic N) is 2. The highest BCUT2D eigenvalue weighted by Crippen LogP contribution is 2.09. The molecule has 1 amide bonds. The predicted molar refractivity (Wildman–Crippen MR) is 94.7 cm³/mol. The Bertz CT molecular complexity index is 805. The first-order chi connectivity index (χ1) is 11.9. The van der Waals surface area contributed by atoms with Gasteiger partial charge in [0.25, 0.3) is 5.91 Å². The number of benzene rings is 1.